The van der Waals surface area contributed by atoms with E-state index in [-0.39, 0.29) is 10.7 Å². The minimum Gasteiger partial charge on any atom is -0.478 e. The van der Waals surface area contributed by atoms with Crippen LogP contribution in [0.3, 0.4) is 0 Å². The van der Waals surface area contributed by atoms with Gasteiger partial charge in [-0.1, -0.05) is 11.6 Å². The van der Waals surface area contributed by atoms with E-state index in [0.29, 0.717) is 5.52 Å². The molecule has 0 aliphatic heterocycles. The maximum absolute atomic E-state index is 10.8. The van der Waals surface area contributed by atoms with Gasteiger partial charge in [0, 0.05) is 6.20 Å². The molecule has 4 nitrogen and oxygen atoms in total. The first-order valence-electron chi connectivity index (χ1n) is 3.54. The van der Waals surface area contributed by atoms with Gasteiger partial charge in [0.15, 0.2) is 5.15 Å². The molecule has 13 heavy (non-hydrogen) atoms. The summed E-state index contributed by atoms with van der Waals surface area (Å²) in [5.41, 5.74) is 0.585. The van der Waals surface area contributed by atoms with Gasteiger partial charge in [0.1, 0.15) is 6.33 Å². The van der Waals surface area contributed by atoms with Gasteiger partial charge in [0.05, 0.1) is 11.1 Å². The smallest absolute Gasteiger partial charge is 0.337 e. The van der Waals surface area contributed by atoms with Crippen LogP contribution in [0.4, 0.5) is 0 Å². The molecular weight excluding hydrogens is 192 g/mol. The van der Waals surface area contributed by atoms with Crippen molar-refractivity contribution >= 4 is 23.1 Å². The summed E-state index contributed by atoms with van der Waals surface area (Å²) in [6, 6.07) is 3.12. The summed E-state index contributed by atoms with van der Waals surface area (Å²) in [6.07, 6.45) is 3.17. The second kappa shape index (κ2) is 2.74. The number of nitrogens with zero attached hydrogens (tertiary/aromatic N) is 2. The number of carboxylic acid groups (broad SMARTS) is 1. The van der Waals surface area contributed by atoms with E-state index in [1.165, 1.54) is 12.4 Å². The number of pyridine rings is 1. The molecule has 0 unspecified atom stereocenters. The first-order chi connectivity index (χ1) is 6.20. The van der Waals surface area contributed by atoms with Crippen LogP contribution < -0.4 is 0 Å². The second-order valence-electron chi connectivity index (χ2n) is 2.52. The molecule has 0 aromatic carbocycles. The molecule has 0 atom stereocenters. The largest absolute Gasteiger partial charge is 0.478 e. The van der Waals surface area contributed by atoms with Crippen molar-refractivity contribution in [1.82, 2.24) is 9.38 Å². The van der Waals surface area contributed by atoms with Crippen LogP contribution in [0.5, 0.6) is 0 Å². The average Bonchev–Trinajstić information content (AvgIpc) is 2.48. The number of halogens is 1. The van der Waals surface area contributed by atoms with Gasteiger partial charge in [0.25, 0.3) is 0 Å². The van der Waals surface area contributed by atoms with Crippen molar-refractivity contribution in [3.8, 4) is 0 Å². The van der Waals surface area contributed by atoms with Gasteiger partial charge in [-0.15, -0.1) is 0 Å². The number of hydrogen-bond acceptors (Lipinski definition) is 2. The molecule has 1 N–H and O–H groups in total. The standard InChI is InChI=1S/C8H5ClN2O2/c9-7-6-5(8(12)13)2-1-3-11(6)4-10-7/h1-4H,(H,12,13). The third-order valence-electron chi connectivity index (χ3n) is 1.74. The summed E-state index contributed by atoms with van der Waals surface area (Å²) in [4.78, 5) is 14.6. The predicted octanol–water partition coefficient (Wildman–Crippen LogP) is 1.69. The summed E-state index contributed by atoms with van der Waals surface area (Å²) in [5.74, 6) is -1.01. The van der Waals surface area contributed by atoms with Crippen LogP contribution >= 0.6 is 11.6 Å². The van der Waals surface area contributed by atoms with Crippen LogP contribution in [-0.4, -0.2) is 20.5 Å². The van der Waals surface area contributed by atoms with E-state index in [1.807, 2.05) is 0 Å². The van der Waals surface area contributed by atoms with E-state index < -0.39 is 5.97 Å². The zero-order chi connectivity index (χ0) is 9.42. The predicted molar refractivity (Wildman–Crippen MR) is 47.2 cm³/mol. The van der Waals surface area contributed by atoms with E-state index in [9.17, 15) is 4.79 Å². The molecule has 2 aromatic rings. The van der Waals surface area contributed by atoms with Crippen LogP contribution in [0.25, 0.3) is 5.52 Å². The number of fused-ring (bicyclic) bond motifs is 1. The van der Waals surface area contributed by atoms with Crippen molar-refractivity contribution < 1.29 is 9.90 Å². The summed E-state index contributed by atoms with van der Waals surface area (Å²) >= 11 is 5.73. The van der Waals surface area contributed by atoms with E-state index in [1.54, 1.807) is 16.7 Å². The fourth-order valence-electron chi connectivity index (χ4n) is 1.19. The van der Waals surface area contributed by atoms with Gasteiger partial charge < -0.3 is 9.51 Å². The first-order valence-corrected chi connectivity index (χ1v) is 3.92. The maximum Gasteiger partial charge on any atom is 0.337 e. The van der Waals surface area contributed by atoms with Crippen molar-refractivity contribution in [3.63, 3.8) is 0 Å². The molecule has 5 heteroatoms. The average molecular weight is 197 g/mol. The van der Waals surface area contributed by atoms with Gasteiger partial charge in [-0.3, -0.25) is 0 Å². The third-order valence-corrected chi connectivity index (χ3v) is 2.02. The van der Waals surface area contributed by atoms with Crippen LogP contribution in [0.1, 0.15) is 10.4 Å². The lowest BCUT2D eigenvalue weighted by Crippen LogP contribution is -1.99. The number of carboxylic acids is 1. The van der Waals surface area contributed by atoms with Crippen molar-refractivity contribution in [1.29, 1.82) is 0 Å². The molecular formula is C8H5ClN2O2. The summed E-state index contributed by atoms with van der Waals surface area (Å²) < 4.78 is 1.58. The lowest BCUT2D eigenvalue weighted by Gasteiger charge is -1.97. The molecule has 2 heterocycles. The summed E-state index contributed by atoms with van der Waals surface area (Å²) in [5, 5.41) is 9.03. The van der Waals surface area contributed by atoms with Crippen LogP contribution in [0.2, 0.25) is 5.15 Å². The number of carbonyl (C=O) groups is 1. The Hall–Kier alpha value is -1.55. The Morgan fingerprint density at radius 2 is 2.38 bits per heavy atom. The minimum absolute atomic E-state index is 0.157. The Balaban J connectivity index is 2.88. The number of aromatic carboxylic acids is 1. The SMILES string of the molecule is O=C(O)c1cccn2cnc(Cl)c12. The van der Waals surface area contributed by atoms with Gasteiger partial charge in [-0.05, 0) is 12.1 Å². The summed E-state index contributed by atoms with van der Waals surface area (Å²) in [6.45, 7) is 0. The maximum atomic E-state index is 10.8. The third kappa shape index (κ3) is 1.15. The molecule has 0 aliphatic rings. The fourth-order valence-corrected chi connectivity index (χ4v) is 1.43. The molecule has 66 valence electrons. The first kappa shape index (κ1) is 8.07. The topological polar surface area (TPSA) is 54.6 Å². The molecule has 0 saturated carbocycles. The van der Waals surface area contributed by atoms with E-state index in [2.05, 4.69) is 4.98 Å². The number of rotatable bonds is 1. The highest BCUT2D eigenvalue weighted by Crippen LogP contribution is 2.19. The second-order valence-corrected chi connectivity index (χ2v) is 2.88. The number of aromatic nitrogens is 2. The van der Waals surface area contributed by atoms with Crippen LogP contribution in [0.15, 0.2) is 24.7 Å². The zero-order valence-electron chi connectivity index (χ0n) is 6.44. The molecule has 2 aromatic heterocycles. The molecule has 0 amide bonds. The van der Waals surface area contributed by atoms with Crippen molar-refractivity contribution in [2.45, 2.75) is 0 Å². The zero-order valence-corrected chi connectivity index (χ0v) is 7.19. The normalized spacial score (nSPS) is 10.5. The Bertz CT molecular complexity index is 478. The molecule has 0 saturated heterocycles. The highest BCUT2D eigenvalue weighted by Gasteiger charge is 2.11. The number of hydrogen-bond donors (Lipinski definition) is 1. The molecule has 0 spiro atoms. The molecule has 0 radical (unpaired) electrons. The highest BCUT2D eigenvalue weighted by atomic mass is 35.5. The van der Waals surface area contributed by atoms with Crippen LogP contribution in [-0.2, 0) is 0 Å². The Morgan fingerprint density at radius 1 is 1.62 bits per heavy atom. The lowest BCUT2D eigenvalue weighted by atomic mass is 10.2. The monoisotopic (exact) mass is 196 g/mol. The molecule has 0 aliphatic carbocycles. The highest BCUT2D eigenvalue weighted by molar-refractivity contribution is 6.33. The fraction of sp³-hybridized carbons (Fsp3) is 0. The number of imidazole rings is 1. The van der Waals surface area contributed by atoms with E-state index in [4.69, 9.17) is 16.7 Å². The Kier molecular flexibility index (Phi) is 1.70. The van der Waals surface area contributed by atoms with Crippen LogP contribution in [0, 0.1) is 0 Å². The molecule has 2 rings (SSSR count). The van der Waals surface area contributed by atoms with E-state index >= 15 is 0 Å². The summed E-state index contributed by atoms with van der Waals surface area (Å²) in [7, 11) is 0. The molecule has 0 fully saturated rings. The van der Waals surface area contributed by atoms with Gasteiger partial charge in [-0.2, -0.15) is 0 Å². The Labute approximate surface area is 78.4 Å². The van der Waals surface area contributed by atoms with E-state index in [0.717, 1.165) is 0 Å². The van der Waals surface area contributed by atoms with Gasteiger partial charge in [0.2, 0.25) is 0 Å². The Morgan fingerprint density at radius 3 is 3.08 bits per heavy atom. The quantitative estimate of drug-likeness (QED) is 0.755. The van der Waals surface area contributed by atoms with Gasteiger partial charge in [-0.25, -0.2) is 9.78 Å². The van der Waals surface area contributed by atoms with Crippen molar-refractivity contribution in [2.24, 2.45) is 0 Å². The molecule has 0 bridgehead atoms. The minimum atomic E-state index is -1.01. The van der Waals surface area contributed by atoms with Crippen molar-refractivity contribution in [3.05, 3.63) is 35.4 Å². The van der Waals surface area contributed by atoms with Gasteiger partial charge >= 0.3 is 5.97 Å². The van der Waals surface area contributed by atoms with Crippen molar-refractivity contribution in [2.75, 3.05) is 0 Å². The lowest BCUT2D eigenvalue weighted by molar-refractivity contribution is 0.0698.